The van der Waals surface area contributed by atoms with Crippen LogP contribution < -0.4 is 0 Å². The summed E-state index contributed by atoms with van der Waals surface area (Å²) >= 11 is 3.36. The maximum absolute atomic E-state index is 4.38. The van der Waals surface area contributed by atoms with Crippen LogP contribution in [0.15, 0.2) is 59.3 Å². The summed E-state index contributed by atoms with van der Waals surface area (Å²) in [5.41, 5.74) is 1.98. The van der Waals surface area contributed by atoms with E-state index in [9.17, 15) is 0 Å². The minimum absolute atomic E-state index is 0.737. The van der Waals surface area contributed by atoms with Crippen molar-refractivity contribution in [3.63, 3.8) is 0 Å². The monoisotopic (exact) mass is 300 g/mol. The van der Waals surface area contributed by atoms with Gasteiger partial charge in [0.1, 0.15) is 4.60 Å². The molecule has 0 saturated heterocycles. The highest BCUT2D eigenvalue weighted by Gasteiger charge is 2.09. The van der Waals surface area contributed by atoms with Gasteiger partial charge in [0.25, 0.3) is 0 Å². The Balaban J connectivity index is 2.13. The molecule has 0 aliphatic carbocycles. The van der Waals surface area contributed by atoms with Crippen LogP contribution in [0.1, 0.15) is 0 Å². The Kier molecular flexibility index (Phi) is 2.90. The molecule has 3 rings (SSSR count). The first kappa shape index (κ1) is 11.1. The van der Waals surface area contributed by atoms with Crippen LogP contribution in [0.2, 0.25) is 0 Å². The Morgan fingerprint density at radius 3 is 2.56 bits per heavy atom. The average molecular weight is 301 g/mol. The van der Waals surface area contributed by atoms with Crippen LogP contribution >= 0.6 is 15.9 Å². The molecule has 4 nitrogen and oxygen atoms in total. The summed E-state index contributed by atoms with van der Waals surface area (Å²) in [6, 6.07) is 15.7. The summed E-state index contributed by atoms with van der Waals surface area (Å²) in [6.45, 7) is 0. The van der Waals surface area contributed by atoms with E-state index in [-0.39, 0.29) is 0 Å². The molecule has 18 heavy (non-hydrogen) atoms. The molecule has 0 N–H and O–H groups in total. The zero-order chi connectivity index (χ0) is 12.4. The zero-order valence-electron chi connectivity index (χ0n) is 9.36. The van der Waals surface area contributed by atoms with Crippen molar-refractivity contribution in [3.05, 3.63) is 59.3 Å². The van der Waals surface area contributed by atoms with Gasteiger partial charge >= 0.3 is 0 Å². The van der Waals surface area contributed by atoms with Crippen LogP contribution in [0.3, 0.4) is 0 Å². The first-order valence-corrected chi connectivity index (χ1v) is 6.23. The Bertz CT molecular complexity index is 664. The van der Waals surface area contributed by atoms with Gasteiger partial charge in [-0.05, 0) is 28.1 Å². The lowest BCUT2D eigenvalue weighted by atomic mass is 10.2. The van der Waals surface area contributed by atoms with Crippen molar-refractivity contribution in [2.24, 2.45) is 0 Å². The number of nitrogens with zero attached hydrogens (tertiary/aromatic N) is 4. The molecule has 0 atom stereocenters. The number of hydrogen-bond donors (Lipinski definition) is 0. The maximum atomic E-state index is 4.38. The van der Waals surface area contributed by atoms with Crippen molar-refractivity contribution in [3.8, 4) is 17.1 Å². The van der Waals surface area contributed by atoms with Gasteiger partial charge in [-0.25, -0.2) is 4.98 Å². The molecule has 0 saturated carbocycles. The highest BCUT2D eigenvalue weighted by atomic mass is 79.9. The van der Waals surface area contributed by atoms with Crippen molar-refractivity contribution >= 4 is 15.9 Å². The summed E-state index contributed by atoms with van der Waals surface area (Å²) in [4.78, 5) is 4.38. The fourth-order valence-electron chi connectivity index (χ4n) is 1.73. The smallest absolute Gasteiger partial charge is 0.157 e. The predicted octanol–water partition coefficient (Wildman–Crippen LogP) is 3.09. The van der Waals surface area contributed by atoms with E-state index < -0.39 is 0 Å². The minimum Gasteiger partial charge on any atom is -0.222 e. The third-order valence-corrected chi connectivity index (χ3v) is 2.98. The number of pyridine rings is 1. The number of halogens is 1. The fourth-order valence-corrected chi connectivity index (χ4v) is 2.06. The largest absolute Gasteiger partial charge is 0.222 e. The molecular weight excluding hydrogens is 292 g/mol. The van der Waals surface area contributed by atoms with Gasteiger partial charge in [-0.2, -0.15) is 4.68 Å². The van der Waals surface area contributed by atoms with Crippen LogP contribution in [-0.2, 0) is 0 Å². The van der Waals surface area contributed by atoms with E-state index >= 15 is 0 Å². The lowest BCUT2D eigenvalue weighted by Crippen LogP contribution is -2.01. The second kappa shape index (κ2) is 4.70. The first-order valence-electron chi connectivity index (χ1n) is 5.43. The van der Waals surface area contributed by atoms with Gasteiger partial charge in [0.15, 0.2) is 5.82 Å². The number of hydrogen-bond acceptors (Lipinski definition) is 3. The minimum atomic E-state index is 0.737. The van der Waals surface area contributed by atoms with E-state index in [1.54, 1.807) is 10.9 Å². The van der Waals surface area contributed by atoms with Gasteiger partial charge < -0.3 is 0 Å². The molecule has 0 radical (unpaired) electrons. The summed E-state index contributed by atoms with van der Waals surface area (Å²) < 4.78 is 2.50. The Morgan fingerprint density at radius 1 is 0.944 bits per heavy atom. The molecule has 0 aliphatic rings. The van der Waals surface area contributed by atoms with Crippen molar-refractivity contribution in [2.45, 2.75) is 0 Å². The Morgan fingerprint density at radius 2 is 1.78 bits per heavy atom. The Hall–Kier alpha value is -2.01. The van der Waals surface area contributed by atoms with Crippen LogP contribution in [0.25, 0.3) is 17.1 Å². The molecule has 0 unspecified atom stereocenters. The van der Waals surface area contributed by atoms with E-state index in [0.29, 0.717) is 0 Å². The van der Waals surface area contributed by atoms with E-state index in [2.05, 4.69) is 31.2 Å². The van der Waals surface area contributed by atoms with Crippen molar-refractivity contribution in [2.75, 3.05) is 0 Å². The molecule has 2 heterocycles. The quantitative estimate of drug-likeness (QED) is 0.683. The fraction of sp³-hybridized carbons (Fsp3) is 0. The van der Waals surface area contributed by atoms with E-state index in [1.165, 1.54) is 0 Å². The lowest BCUT2D eigenvalue weighted by Gasteiger charge is -2.05. The third kappa shape index (κ3) is 2.04. The van der Waals surface area contributed by atoms with Gasteiger partial charge in [-0.1, -0.05) is 41.6 Å². The third-order valence-electron chi connectivity index (χ3n) is 2.54. The standard InChI is InChI=1S/C13H9BrN4/c14-12-7-4-8-13(16-12)18-11(9-15-17-18)10-5-2-1-3-6-10/h1-9H. The Labute approximate surface area is 112 Å². The van der Waals surface area contributed by atoms with Crippen molar-refractivity contribution < 1.29 is 0 Å². The van der Waals surface area contributed by atoms with Gasteiger partial charge in [0, 0.05) is 5.56 Å². The summed E-state index contributed by atoms with van der Waals surface area (Å²) in [5, 5.41) is 8.05. The second-order valence-corrected chi connectivity index (χ2v) is 4.53. The second-order valence-electron chi connectivity index (χ2n) is 3.72. The van der Waals surface area contributed by atoms with Crippen molar-refractivity contribution in [1.82, 2.24) is 20.0 Å². The van der Waals surface area contributed by atoms with Crippen molar-refractivity contribution in [1.29, 1.82) is 0 Å². The predicted molar refractivity (Wildman–Crippen MR) is 72.3 cm³/mol. The topological polar surface area (TPSA) is 43.6 Å². The molecule has 0 amide bonds. The van der Waals surface area contributed by atoms with Gasteiger partial charge in [0.2, 0.25) is 0 Å². The molecular formula is C13H9BrN4. The molecule has 0 bridgehead atoms. The molecule has 1 aromatic carbocycles. The molecule has 5 heteroatoms. The molecule has 0 spiro atoms. The SMILES string of the molecule is Brc1cccc(-n2nncc2-c2ccccc2)n1. The van der Waals surface area contributed by atoms with Crippen LogP contribution in [0.4, 0.5) is 0 Å². The molecule has 88 valence electrons. The zero-order valence-corrected chi connectivity index (χ0v) is 10.9. The van der Waals surface area contributed by atoms with Gasteiger partial charge in [0.05, 0.1) is 11.9 Å². The lowest BCUT2D eigenvalue weighted by molar-refractivity contribution is 0.784. The average Bonchev–Trinajstić information content (AvgIpc) is 2.89. The summed E-state index contributed by atoms with van der Waals surface area (Å²) in [5.74, 6) is 0.737. The highest BCUT2D eigenvalue weighted by molar-refractivity contribution is 9.10. The van der Waals surface area contributed by atoms with Gasteiger partial charge in [-0.15, -0.1) is 5.10 Å². The number of rotatable bonds is 2. The van der Waals surface area contributed by atoms with Crippen LogP contribution in [0, 0.1) is 0 Å². The normalized spacial score (nSPS) is 10.5. The molecule has 2 aromatic heterocycles. The summed E-state index contributed by atoms with van der Waals surface area (Å²) in [7, 11) is 0. The van der Waals surface area contributed by atoms with E-state index in [4.69, 9.17) is 0 Å². The van der Waals surface area contributed by atoms with Crippen LogP contribution in [-0.4, -0.2) is 20.0 Å². The maximum Gasteiger partial charge on any atom is 0.157 e. The summed E-state index contributed by atoms with van der Waals surface area (Å²) in [6.07, 6.45) is 1.73. The molecule has 0 fully saturated rings. The van der Waals surface area contributed by atoms with E-state index in [0.717, 1.165) is 21.7 Å². The van der Waals surface area contributed by atoms with Crippen LogP contribution in [0.5, 0.6) is 0 Å². The molecule has 3 aromatic rings. The number of benzene rings is 1. The molecule has 0 aliphatic heterocycles. The highest BCUT2D eigenvalue weighted by Crippen LogP contribution is 2.20. The van der Waals surface area contributed by atoms with E-state index in [1.807, 2.05) is 48.5 Å². The first-order chi connectivity index (χ1) is 8.84. The number of aromatic nitrogens is 4. The van der Waals surface area contributed by atoms with Gasteiger partial charge in [-0.3, -0.25) is 0 Å².